The Kier molecular flexibility index (Phi) is 7.60. The van der Waals surface area contributed by atoms with E-state index in [0.29, 0.717) is 11.5 Å². The van der Waals surface area contributed by atoms with Crippen LogP contribution in [0, 0.1) is 5.92 Å². The fourth-order valence-electron chi connectivity index (χ4n) is 3.19. The Bertz CT molecular complexity index is 466. The third-order valence-electron chi connectivity index (χ3n) is 4.66. The fourth-order valence-corrected chi connectivity index (χ4v) is 3.19. The maximum Gasteiger partial charge on any atom is 0.373 e. The largest absolute Gasteiger partial charge is 0.373 e. The van der Waals surface area contributed by atoms with Crippen molar-refractivity contribution in [3.05, 3.63) is 35.4 Å². The molecule has 23 heavy (non-hydrogen) atoms. The van der Waals surface area contributed by atoms with Gasteiger partial charge in [0.1, 0.15) is 6.10 Å². The van der Waals surface area contributed by atoms with Gasteiger partial charge in [-0.25, -0.2) is 4.79 Å². The van der Waals surface area contributed by atoms with E-state index < -0.39 is 0 Å². The molecule has 1 aliphatic carbocycles. The normalized spacial score (nSPS) is 21.1. The van der Waals surface area contributed by atoms with Crippen molar-refractivity contribution in [2.24, 2.45) is 5.92 Å². The number of rotatable bonds is 8. The second-order valence-electron chi connectivity index (χ2n) is 6.87. The third kappa shape index (κ3) is 6.34. The van der Waals surface area contributed by atoms with Crippen molar-refractivity contribution in [2.45, 2.75) is 77.7 Å². The Hall–Kier alpha value is -1.35. The zero-order chi connectivity index (χ0) is 16.5. The van der Waals surface area contributed by atoms with E-state index >= 15 is 0 Å². The van der Waals surface area contributed by atoms with Gasteiger partial charge in [-0.3, -0.25) is 4.89 Å². The summed E-state index contributed by atoms with van der Waals surface area (Å²) in [5, 5.41) is 0. The summed E-state index contributed by atoms with van der Waals surface area (Å²) in [4.78, 5) is 22.4. The Labute approximate surface area is 140 Å². The summed E-state index contributed by atoms with van der Waals surface area (Å²) >= 11 is 0. The molecule has 0 N–H and O–H groups in total. The van der Waals surface area contributed by atoms with Crippen LogP contribution in [0.15, 0.2) is 24.3 Å². The van der Waals surface area contributed by atoms with Gasteiger partial charge in [0.15, 0.2) is 0 Å². The van der Waals surface area contributed by atoms with Gasteiger partial charge in [0.25, 0.3) is 0 Å². The minimum Gasteiger partial charge on any atom is -0.293 e. The smallest absolute Gasteiger partial charge is 0.293 e. The molecule has 0 aromatic heterocycles. The van der Waals surface area contributed by atoms with Gasteiger partial charge in [0, 0.05) is 0 Å². The number of aryl methyl sites for hydroxylation is 1. The van der Waals surface area contributed by atoms with E-state index in [9.17, 15) is 4.79 Å². The van der Waals surface area contributed by atoms with E-state index in [0.717, 1.165) is 25.7 Å². The monoisotopic (exact) mass is 318 g/mol. The lowest BCUT2D eigenvalue weighted by molar-refractivity contribution is -0.281. The molecule has 2 unspecified atom stereocenters. The minimum atomic E-state index is -0.388. The first-order valence-electron chi connectivity index (χ1n) is 9.15. The highest BCUT2D eigenvalue weighted by molar-refractivity contribution is 5.88. The van der Waals surface area contributed by atoms with Gasteiger partial charge in [-0.15, -0.1) is 0 Å². The molecule has 1 aromatic rings. The molecular weight excluding hydrogens is 288 g/mol. The summed E-state index contributed by atoms with van der Waals surface area (Å²) in [6.45, 7) is 4.44. The fraction of sp³-hybridized carbons (Fsp3) is 0.650. The predicted octanol–water partition coefficient (Wildman–Crippen LogP) is 5.48. The first-order chi connectivity index (χ1) is 11.2. The molecule has 2 atom stereocenters. The molecule has 1 aromatic carbocycles. The van der Waals surface area contributed by atoms with Gasteiger partial charge in [-0.05, 0) is 49.3 Å². The van der Waals surface area contributed by atoms with Crippen LogP contribution in [0.25, 0.3) is 0 Å². The lowest BCUT2D eigenvalue weighted by atomic mass is 9.89. The topological polar surface area (TPSA) is 35.5 Å². The summed E-state index contributed by atoms with van der Waals surface area (Å²) < 4.78 is 0. The molecule has 2 rings (SSSR count). The number of benzene rings is 1. The van der Waals surface area contributed by atoms with E-state index in [4.69, 9.17) is 9.78 Å². The van der Waals surface area contributed by atoms with Crippen molar-refractivity contribution in [1.82, 2.24) is 0 Å². The van der Waals surface area contributed by atoms with E-state index in [-0.39, 0.29) is 12.1 Å². The van der Waals surface area contributed by atoms with Gasteiger partial charge in [-0.2, -0.15) is 4.89 Å². The summed E-state index contributed by atoms with van der Waals surface area (Å²) in [7, 11) is 0. The first kappa shape index (κ1) is 18.0. The second kappa shape index (κ2) is 9.71. The molecular formula is C20H30O3. The molecule has 3 heteroatoms. The Morgan fingerprint density at radius 1 is 1.13 bits per heavy atom. The number of hydrogen-bond acceptors (Lipinski definition) is 3. The van der Waals surface area contributed by atoms with Crippen molar-refractivity contribution in [3.63, 3.8) is 0 Å². The highest BCUT2D eigenvalue weighted by atomic mass is 17.2. The van der Waals surface area contributed by atoms with Gasteiger partial charge in [0.2, 0.25) is 0 Å². The van der Waals surface area contributed by atoms with Gasteiger partial charge in [-0.1, -0.05) is 58.1 Å². The van der Waals surface area contributed by atoms with E-state index in [1.54, 1.807) is 0 Å². The van der Waals surface area contributed by atoms with Crippen LogP contribution in [-0.4, -0.2) is 12.1 Å². The molecule has 1 fully saturated rings. The molecule has 0 bridgehead atoms. The molecule has 0 radical (unpaired) electrons. The highest BCUT2D eigenvalue weighted by Gasteiger charge is 2.22. The molecule has 0 spiro atoms. The van der Waals surface area contributed by atoms with Gasteiger partial charge in [0.05, 0.1) is 5.56 Å². The number of unbranched alkanes of at least 4 members (excludes halogenated alkanes) is 3. The first-order valence-corrected chi connectivity index (χ1v) is 9.15. The third-order valence-corrected chi connectivity index (χ3v) is 4.66. The summed E-state index contributed by atoms with van der Waals surface area (Å²) in [6, 6.07) is 7.71. The van der Waals surface area contributed by atoms with Crippen LogP contribution in [0.4, 0.5) is 0 Å². The molecule has 0 saturated heterocycles. The van der Waals surface area contributed by atoms with Crippen LogP contribution < -0.4 is 0 Å². The molecule has 1 aliphatic rings. The predicted molar refractivity (Wildman–Crippen MR) is 92.2 cm³/mol. The van der Waals surface area contributed by atoms with Crippen LogP contribution in [-0.2, 0) is 16.2 Å². The average molecular weight is 318 g/mol. The lowest BCUT2D eigenvalue weighted by Gasteiger charge is -2.24. The Morgan fingerprint density at radius 3 is 2.61 bits per heavy atom. The zero-order valence-electron chi connectivity index (χ0n) is 14.6. The van der Waals surface area contributed by atoms with E-state index in [2.05, 4.69) is 13.8 Å². The number of hydrogen-bond donors (Lipinski definition) is 0. The standard InChI is InChI=1S/C20H30O3/c1-3-4-5-6-9-17-11-13-18(14-12-17)20(21)23-22-19-10-7-8-16(2)15-19/h11-14,16,19H,3-10,15H2,1-2H3. The van der Waals surface area contributed by atoms with Gasteiger partial charge >= 0.3 is 5.97 Å². The van der Waals surface area contributed by atoms with Crippen LogP contribution in [0.2, 0.25) is 0 Å². The summed E-state index contributed by atoms with van der Waals surface area (Å²) in [5.74, 6) is 0.264. The Morgan fingerprint density at radius 2 is 1.91 bits per heavy atom. The quantitative estimate of drug-likeness (QED) is 0.362. The van der Waals surface area contributed by atoms with Crippen molar-refractivity contribution in [1.29, 1.82) is 0 Å². The van der Waals surface area contributed by atoms with Crippen molar-refractivity contribution >= 4 is 5.97 Å². The Balaban J connectivity index is 1.73. The van der Waals surface area contributed by atoms with E-state index in [1.807, 2.05) is 24.3 Å². The summed E-state index contributed by atoms with van der Waals surface area (Å²) in [5.41, 5.74) is 1.84. The number of carbonyl (C=O) groups excluding carboxylic acids is 1. The molecule has 0 heterocycles. The van der Waals surface area contributed by atoms with Crippen molar-refractivity contribution < 1.29 is 14.6 Å². The van der Waals surface area contributed by atoms with Crippen molar-refractivity contribution in [3.8, 4) is 0 Å². The number of carbonyl (C=O) groups is 1. The van der Waals surface area contributed by atoms with Gasteiger partial charge < -0.3 is 0 Å². The molecule has 128 valence electrons. The highest BCUT2D eigenvalue weighted by Crippen LogP contribution is 2.26. The average Bonchev–Trinajstić information content (AvgIpc) is 2.57. The summed E-state index contributed by atoms with van der Waals surface area (Å²) in [6.07, 6.45) is 10.5. The maximum absolute atomic E-state index is 12.0. The zero-order valence-corrected chi connectivity index (χ0v) is 14.6. The lowest BCUT2D eigenvalue weighted by Crippen LogP contribution is -2.23. The van der Waals surface area contributed by atoms with Crippen LogP contribution in [0.1, 0.15) is 81.1 Å². The molecule has 0 amide bonds. The van der Waals surface area contributed by atoms with E-state index in [1.165, 1.54) is 37.7 Å². The van der Waals surface area contributed by atoms with Crippen LogP contribution >= 0.6 is 0 Å². The minimum absolute atomic E-state index is 0.0561. The molecule has 0 aliphatic heterocycles. The van der Waals surface area contributed by atoms with Crippen molar-refractivity contribution in [2.75, 3.05) is 0 Å². The van der Waals surface area contributed by atoms with Crippen LogP contribution in [0.5, 0.6) is 0 Å². The SMILES string of the molecule is CCCCCCc1ccc(C(=O)OOC2CCCC(C)C2)cc1. The maximum atomic E-state index is 12.0. The second-order valence-corrected chi connectivity index (χ2v) is 6.87. The molecule has 3 nitrogen and oxygen atoms in total. The molecule has 1 saturated carbocycles. The van der Waals surface area contributed by atoms with Crippen LogP contribution in [0.3, 0.4) is 0 Å².